The predicted molar refractivity (Wildman–Crippen MR) is 86.9 cm³/mol. The van der Waals surface area contributed by atoms with E-state index in [4.69, 9.17) is 11.6 Å². The summed E-state index contributed by atoms with van der Waals surface area (Å²) in [6.07, 6.45) is 5.10. The number of amides is 1. The summed E-state index contributed by atoms with van der Waals surface area (Å²) in [6, 6.07) is 6.16. The minimum Gasteiger partial charge on any atom is -0.381 e. The fourth-order valence-corrected chi connectivity index (χ4v) is 2.87. The van der Waals surface area contributed by atoms with Crippen LogP contribution < -0.4 is 16.0 Å². The van der Waals surface area contributed by atoms with Gasteiger partial charge in [0, 0.05) is 17.5 Å². The largest absolute Gasteiger partial charge is 0.381 e. The molecule has 21 heavy (non-hydrogen) atoms. The van der Waals surface area contributed by atoms with E-state index in [0.29, 0.717) is 23.4 Å². The van der Waals surface area contributed by atoms with Gasteiger partial charge in [-0.2, -0.15) is 0 Å². The van der Waals surface area contributed by atoms with Gasteiger partial charge in [-0.1, -0.05) is 11.6 Å². The summed E-state index contributed by atoms with van der Waals surface area (Å²) in [6.45, 7) is 2.12. The number of nitrogens with one attached hydrogen (secondary N) is 3. The van der Waals surface area contributed by atoms with E-state index in [9.17, 15) is 4.79 Å². The van der Waals surface area contributed by atoms with Crippen LogP contribution in [0.25, 0.3) is 0 Å². The Hall–Kier alpha value is -1.26. The van der Waals surface area contributed by atoms with Crippen molar-refractivity contribution in [2.45, 2.75) is 38.1 Å². The van der Waals surface area contributed by atoms with Crippen LogP contribution in [0.2, 0.25) is 5.02 Å². The summed E-state index contributed by atoms with van der Waals surface area (Å²) in [5, 5.41) is 10.4. The molecule has 1 heterocycles. The van der Waals surface area contributed by atoms with E-state index < -0.39 is 0 Å². The van der Waals surface area contributed by atoms with Crippen LogP contribution in [0.1, 0.15) is 32.1 Å². The number of benzene rings is 1. The molecule has 1 aromatic carbocycles. The summed E-state index contributed by atoms with van der Waals surface area (Å²) in [5.74, 6) is 0.710. The average Bonchev–Trinajstić information content (AvgIpc) is 3.12. The van der Waals surface area contributed by atoms with E-state index in [-0.39, 0.29) is 5.91 Å². The molecule has 1 saturated carbocycles. The Morgan fingerprint density at radius 3 is 2.86 bits per heavy atom. The van der Waals surface area contributed by atoms with Crippen molar-refractivity contribution < 1.29 is 4.79 Å². The van der Waals surface area contributed by atoms with E-state index >= 15 is 0 Å². The zero-order valence-electron chi connectivity index (χ0n) is 12.1. The summed E-state index contributed by atoms with van der Waals surface area (Å²) >= 11 is 6.05. The Kier molecular flexibility index (Phi) is 4.66. The minimum atomic E-state index is 0.0722. The van der Waals surface area contributed by atoms with Gasteiger partial charge in [0.1, 0.15) is 0 Å². The topological polar surface area (TPSA) is 53.2 Å². The van der Waals surface area contributed by atoms with Gasteiger partial charge in [-0.15, -0.1) is 0 Å². The van der Waals surface area contributed by atoms with Crippen LogP contribution in [0.3, 0.4) is 0 Å². The molecule has 1 aromatic rings. The SMILES string of the molecule is O=C(CCC1CCNC1)Nc1cc(Cl)ccc1NC1CC1. The van der Waals surface area contributed by atoms with E-state index in [1.165, 1.54) is 19.3 Å². The third-order valence-electron chi connectivity index (χ3n) is 4.13. The number of anilines is 2. The van der Waals surface area contributed by atoms with Crippen molar-refractivity contribution in [1.29, 1.82) is 0 Å². The van der Waals surface area contributed by atoms with Crippen LogP contribution in [0.4, 0.5) is 11.4 Å². The van der Waals surface area contributed by atoms with Gasteiger partial charge in [0.25, 0.3) is 0 Å². The molecule has 3 rings (SSSR count). The fourth-order valence-electron chi connectivity index (χ4n) is 2.70. The van der Waals surface area contributed by atoms with Crippen molar-refractivity contribution in [1.82, 2.24) is 5.32 Å². The van der Waals surface area contributed by atoms with E-state index in [0.717, 1.165) is 30.9 Å². The Balaban J connectivity index is 1.56. The van der Waals surface area contributed by atoms with Gasteiger partial charge < -0.3 is 16.0 Å². The smallest absolute Gasteiger partial charge is 0.224 e. The minimum absolute atomic E-state index is 0.0722. The zero-order chi connectivity index (χ0) is 14.7. The lowest BCUT2D eigenvalue weighted by Crippen LogP contribution is -2.16. The highest BCUT2D eigenvalue weighted by Gasteiger charge is 2.22. The molecule has 1 aliphatic carbocycles. The monoisotopic (exact) mass is 307 g/mol. The second-order valence-electron chi connectivity index (χ2n) is 6.05. The predicted octanol–water partition coefficient (Wildman–Crippen LogP) is 3.24. The van der Waals surface area contributed by atoms with Gasteiger partial charge in [-0.3, -0.25) is 4.79 Å². The molecule has 1 aliphatic heterocycles. The highest BCUT2D eigenvalue weighted by atomic mass is 35.5. The maximum absolute atomic E-state index is 12.1. The number of rotatable bonds is 6. The molecule has 1 atom stereocenters. The molecule has 3 N–H and O–H groups in total. The first-order chi connectivity index (χ1) is 10.2. The molecule has 2 fully saturated rings. The van der Waals surface area contributed by atoms with Crippen molar-refractivity contribution in [3.8, 4) is 0 Å². The van der Waals surface area contributed by atoms with Crippen LogP contribution in [0, 0.1) is 5.92 Å². The molecular formula is C16H22ClN3O. The summed E-state index contributed by atoms with van der Waals surface area (Å²) < 4.78 is 0. The van der Waals surface area contributed by atoms with E-state index in [1.54, 1.807) is 0 Å². The maximum Gasteiger partial charge on any atom is 0.224 e. The Bertz CT molecular complexity index is 510. The van der Waals surface area contributed by atoms with Crippen LogP contribution >= 0.6 is 11.6 Å². The molecule has 114 valence electrons. The van der Waals surface area contributed by atoms with Crippen LogP contribution in [0.5, 0.6) is 0 Å². The highest BCUT2D eigenvalue weighted by Crippen LogP contribution is 2.31. The molecule has 0 spiro atoms. The van der Waals surface area contributed by atoms with Crippen LogP contribution in [0.15, 0.2) is 18.2 Å². The van der Waals surface area contributed by atoms with E-state index in [2.05, 4.69) is 16.0 Å². The quantitative estimate of drug-likeness (QED) is 0.756. The number of halogens is 1. The lowest BCUT2D eigenvalue weighted by atomic mass is 10.0. The number of hydrogen-bond acceptors (Lipinski definition) is 3. The second kappa shape index (κ2) is 6.67. The molecule has 0 radical (unpaired) electrons. The second-order valence-corrected chi connectivity index (χ2v) is 6.49. The van der Waals surface area contributed by atoms with Crippen molar-refractivity contribution in [3.05, 3.63) is 23.2 Å². The molecule has 1 saturated heterocycles. The third kappa shape index (κ3) is 4.35. The van der Waals surface area contributed by atoms with Gasteiger partial charge in [-0.25, -0.2) is 0 Å². The molecule has 0 aromatic heterocycles. The Labute approximate surface area is 130 Å². The maximum atomic E-state index is 12.1. The fraction of sp³-hybridized carbons (Fsp3) is 0.562. The molecule has 5 heteroatoms. The normalized spacial score (nSPS) is 21.3. The summed E-state index contributed by atoms with van der Waals surface area (Å²) in [5.41, 5.74) is 1.77. The molecule has 0 bridgehead atoms. The van der Waals surface area contributed by atoms with E-state index in [1.807, 2.05) is 18.2 Å². The van der Waals surface area contributed by atoms with Gasteiger partial charge in [0.15, 0.2) is 0 Å². The first-order valence-electron chi connectivity index (χ1n) is 7.77. The van der Waals surface area contributed by atoms with Crippen molar-refractivity contribution in [2.75, 3.05) is 23.7 Å². The zero-order valence-corrected chi connectivity index (χ0v) is 12.9. The van der Waals surface area contributed by atoms with Crippen LogP contribution in [-0.4, -0.2) is 25.0 Å². The van der Waals surface area contributed by atoms with Crippen molar-refractivity contribution >= 4 is 28.9 Å². The molecule has 1 amide bonds. The van der Waals surface area contributed by atoms with Crippen molar-refractivity contribution in [3.63, 3.8) is 0 Å². The summed E-state index contributed by atoms with van der Waals surface area (Å²) in [4.78, 5) is 12.1. The average molecular weight is 308 g/mol. The third-order valence-corrected chi connectivity index (χ3v) is 4.37. The van der Waals surface area contributed by atoms with Gasteiger partial charge in [-0.05, 0) is 62.9 Å². The van der Waals surface area contributed by atoms with Crippen molar-refractivity contribution in [2.24, 2.45) is 5.92 Å². The standard InChI is InChI=1S/C16H22ClN3O/c17-12-2-5-14(19-13-3-4-13)15(9-12)20-16(21)6-1-11-7-8-18-10-11/h2,5,9,11,13,18-19H,1,3-4,6-8,10H2,(H,20,21). The first kappa shape index (κ1) is 14.7. The summed E-state index contributed by atoms with van der Waals surface area (Å²) in [7, 11) is 0. The highest BCUT2D eigenvalue weighted by molar-refractivity contribution is 6.31. The number of carbonyl (C=O) groups is 1. The number of hydrogen-bond donors (Lipinski definition) is 3. The lowest BCUT2D eigenvalue weighted by Gasteiger charge is -2.14. The van der Waals surface area contributed by atoms with Gasteiger partial charge >= 0.3 is 0 Å². The molecule has 1 unspecified atom stereocenters. The Morgan fingerprint density at radius 1 is 1.29 bits per heavy atom. The molecule has 4 nitrogen and oxygen atoms in total. The van der Waals surface area contributed by atoms with Gasteiger partial charge in [0.05, 0.1) is 11.4 Å². The molecular weight excluding hydrogens is 286 g/mol. The first-order valence-corrected chi connectivity index (χ1v) is 8.15. The lowest BCUT2D eigenvalue weighted by molar-refractivity contribution is -0.116. The number of carbonyl (C=O) groups excluding carboxylic acids is 1. The Morgan fingerprint density at radius 2 is 2.14 bits per heavy atom. The van der Waals surface area contributed by atoms with Crippen LogP contribution in [-0.2, 0) is 4.79 Å². The van der Waals surface area contributed by atoms with Gasteiger partial charge in [0.2, 0.25) is 5.91 Å². The molecule has 2 aliphatic rings.